The zero-order valence-corrected chi connectivity index (χ0v) is 10.9. The first-order chi connectivity index (χ1) is 9.08. The highest BCUT2D eigenvalue weighted by atomic mass is 16.6. The maximum absolute atomic E-state index is 10.8. The van der Waals surface area contributed by atoms with Crippen molar-refractivity contribution in [2.75, 3.05) is 11.9 Å². The highest BCUT2D eigenvalue weighted by molar-refractivity contribution is 5.54. The molecule has 8 nitrogen and oxygen atoms in total. The van der Waals surface area contributed by atoms with Gasteiger partial charge in [-0.25, -0.2) is 0 Å². The van der Waals surface area contributed by atoms with Crippen LogP contribution in [-0.4, -0.2) is 31.4 Å². The second-order valence-corrected chi connectivity index (χ2v) is 4.34. The highest BCUT2D eigenvalue weighted by Crippen LogP contribution is 2.21. The standard InChI is InChI=1S/C11H16N6O2/c1-8-9(6-13-14-8)4-3-5-12-11-10(17(18)19)7-16(2)15-11/h6-7H,3-5H2,1-2H3,(H,12,15)(H,13,14). The Morgan fingerprint density at radius 2 is 2.37 bits per heavy atom. The number of hydrogen-bond donors (Lipinski definition) is 2. The molecule has 2 aromatic rings. The Labute approximate surface area is 110 Å². The van der Waals surface area contributed by atoms with Gasteiger partial charge in [0.1, 0.15) is 6.20 Å². The van der Waals surface area contributed by atoms with Crippen LogP contribution >= 0.6 is 0 Å². The number of rotatable bonds is 6. The van der Waals surface area contributed by atoms with Gasteiger partial charge in [0.05, 0.1) is 11.1 Å². The summed E-state index contributed by atoms with van der Waals surface area (Å²) in [6, 6.07) is 0. The van der Waals surface area contributed by atoms with E-state index in [0.717, 1.165) is 24.1 Å². The number of nitro groups is 1. The molecule has 0 aliphatic rings. The van der Waals surface area contributed by atoms with Gasteiger partial charge in [-0.2, -0.15) is 5.10 Å². The second-order valence-electron chi connectivity index (χ2n) is 4.34. The molecule has 2 heterocycles. The van der Waals surface area contributed by atoms with Gasteiger partial charge in [-0.05, 0) is 25.3 Å². The van der Waals surface area contributed by atoms with Gasteiger partial charge in [-0.15, -0.1) is 5.10 Å². The van der Waals surface area contributed by atoms with Crippen LogP contribution in [0.15, 0.2) is 12.4 Å². The number of aromatic nitrogens is 4. The second kappa shape index (κ2) is 5.51. The van der Waals surface area contributed by atoms with Gasteiger partial charge in [0.25, 0.3) is 0 Å². The van der Waals surface area contributed by atoms with E-state index >= 15 is 0 Å². The molecule has 0 unspecified atom stereocenters. The number of aryl methyl sites for hydroxylation is 3. The molecular weight excluding hydrogens is 248 g/mol. The highest BCUT2D eigenvalue weighted by Gasteiger charge is 2.17. The molecule has 0 saturated heterocycles. The molecule has 0 amide bonds. The number of anilines is 1. The molecule has 2 rings (SSSR count). The molecule has 0 aromatic carbocycles. The van der Waals surface area contributed by atoms with E-state index in [1.165, 1.54) is 10.9 Å². The third-order valence-electron chi connectivity index (χ3n) is 2.86. The molecule has 0 aliphatic carbocycles. The molecule has 2 N–H and O–H groups in total. The van der Waals surface area contributed by atoms with Crippen LogP contribution in [0.3, 0.4) is 0 Å². The van der Waals surface area contributed by atoms with Crippen molar-refractivity contribution < 1.29 is 4.92 Å². The predicted molar refractivity (Wildman–Crippen MR) is 70.0 cm³/mol. The zero-order valence-electron chi connectivity index (χ0n) is 10.9. The van der Waals surface area contributed by atoms with E-state index < -0.39 is 4.92 Å². The van der Waals surface area contributed by atoms with Crippen LogP contribution in [0, 0.1) is 17.0 Å². The molecule has 0 saturated carbocycles. The minimum atomic E-state index is -0.435. The number of hydrogen-bond acceptors (Lipinski definition) is 5. The van der Waals surface area contributed by atoms with E-state index in [1.807, 2.05) is 6.92 Å². The first kappa shape index (κ1) is 13.1. The molecule has 0 radical (unpaired) electrons. The third-order valence-corrected chi connectivity index (χ3v) is 2.86. The maximum atomic E-state index is 10.8. The first-order valence-electron chi connectivity index (χ1n) is 5.98. The lowest BCUT2D eigenvalue weighted by atomic mass is 10.1. The normalized spacial score (nSPS) is 10.6. The van der Waals surface area contributed by atoms with Crippen molar-refractivity contribution in [2.45, 2.75) is 19.8 Å². The average Bonchev–Trinajstić information content (AvgIpc) is 2.91. The Balaban J connectivity index is 1.86. The van der Waals surface area contributed by atoms with E-state index in [2.05, 4.69) is 20.6 Å². The molecule has 0 spiro atoms. The lowest BCUT2D eigenvalue weighted by Gasteiger charge is -2.02. The van der Waals surface area contributed by atoms with E-state index in [4.69, 9.17) is 0 Å². The molecule has 0 aliphatic heterocycles. The summed E-state index contributed by atoms with van der Waals surface area (Å²) in [7, 11) is 1.66. The summed E-state index contributed by atoms with van der Waals surface area (Å²) < 4.78 is 1.43. The Kier molecular flexibility index (Phi) is 3.79. The molecule has 19 heavy (non-hydrogen) atoms. The third kappa shape index (κ3) is 3.09. The summed E-state index contributed by atoms with van der Waals surface area (Å²) in [5, 5.41) is 24.6. The zero-order chi connectivity index (χ0) is 13.8. The molecule has 0 fully saturated rings. The van der Waals surface area contributed by atoms with E-state index in [-0.39, 0.29) is 5.69 Å². The summed E-state index contributed by atoms with van der Waals surface area (Å²) in [6.45, 7) is 2.60. The van der Waals surface area contributed by atoms with Crippen molar-refractivity contribution in [2.24, 2.45) is 7.05 Å². The number of nitrogens with one attached hydrogen (secondary N) is 2. The van der Waals surface area contributed by atoms with Gasteiger partial charge in [0, 0.05) is 19.3 Å². The minimum Gasteiger partial charge on any atom is -0.363 e. The van der Waals surface area contributed by atoms with Crippen molar-refractivity contribution in [3.05, 3.63) is 33.8 Å². The lowest BCUT2D eigenvalue weighted by Crippen LogP contribution is -2.05. The SMILES string of the molecule is Cc1[nH]ncc1CCCNc1nn(C)cc1[N+](=O)[O-]. The summed E-state index contributed by atoms with van der Waals surface area (Å²) >= 11 is 0. The monoisotopic (exact) mass is 264 g/mol. The molecule has 0 atom stereocenters. The van der Waals surface area contributed by atoms with Crippen LogP contribution in [0.5, 0.6) is 0 Å². The fourth-order valence-corrected chi connectivity index (χ4v) is 1.85. The van der Waals surface area contributed by atoms with Crippen LogP contribution in [0.2, 0.25) is 0 Å². The fraction of sp³-hybridized carbons (Fsp3) is 0.455. The van der Waals surface area contributed by atoms with Crippen LogP contribution < -0.4 is 5.32 Å². The van der Waals surface area contributed by atoms with Crippen LogP contribution in [0.1, 0.15) is 17.7 Å². The molecule has 102 valence electrons. The van der Waals surface area contributed by atoms with E-state index in [1.54, 1.807) is 13.2 Å². The Hall–Kier alpha value is -2.38. The number of nitrogens with zero attached hydrogens (tertiary/aromatic N) is 4. The van der Waals surface area contributed by atoms with Gasteiger partial charge in [0.15, 0.2) is 0 Å². The topological polar surface area (TPSA) is 102 Å². The first-order valence-corrected chi connectivity index (χ1v) is 5.98. The van der Waals surface area contributed by atoms with Crippen LogP contribution in [0.4, 0.5) is 11.5 Å². The molecule has 8 heteroatoms. The lowest BCUT2D eigenvalue weighted by molar-refractivity contribution is -0.384. The van der Waals surface area contributed by atoms with Crippen molar-refractivity contribution in [1.29, 1.82) is 0 Å². The van der Waals surface area contributed by atoms with Crippen LogP contribution in [-0.2, 0) is 13.5 Å². The van der Waals surface area contributed by atoms with Gasteiger partial charge < -0.3 is 5.32 Å². The van der Waals surface area contributed by atoms with Crippen molar-refractivity contribution in [1.82, 2.24) is 20.0 Å². The van der Waals surface area contributed by atoms with Crippen molar-refractivity contribution in [3.8, 4) is 0 Å². The fourth-order valence-electron chi connectivity index (χ4n) is 1.85. The number of aromatic amines is 1. The van der Waals surface area contributed by atoms with E-state index in [0.29, 0.717) is 12.4 Å². The Morgan fingerprint density at radius 1 is 1.58 bits per heavy atom. The quantitative estimate of drug-likeness (QED) is 0.466. The predicted octanol–water partition coefficient (Wildman–Crippen LogP) is 1.40. The van der Waals surface area contributed by atoms with Crippen LogP contribution in [0.25, 0.3) is 0 Å². The Bertz CT molecular complexity index is 574. The Morgan fingerprint density at radius 3 is 3.00 bits per heavy atom. The molecular formula is C11H16N6O2. The average molecular weight is 264 g/mol. The smallest absolute Gasteiger partial charge is 0.330 e. The van der Waals surface area contributed by atoms with Crippen molar-refractivity contribution >= 4 is 11.5 Å². The summed E-state index contributed by atoms with van der Waals surface area (Å²) in [4.78, 5) is 10.4. The number of H-pyrrole nitrogens is 1. The maximum Gasteiger partial charge on any atom is 0.330 e. The minimum absolute atomic E-state index is 0.00184. The molecule has 0 bridgehead atoms. The van der Waals surface area contributed by atoms with Gasteiger partial charge in [0.2, 0.25) is 5.82 Å². The summed E-state index contributed by atoms with van der Waals surface area (Å²) in [6.07, 6.45) is 4.92. The summed E-state index contributed by atoms with van der Waals surface area (Å²) in [5.74, 6) is 0.316. The van der Waals surface area contributed by atoms with Crippen molar-refractivity contribution in [3.63, 3.8) is 0 Å². The summed E-state index contributed by atoms with van der Waals surface area (Å²) in [5.41, 5.74) is 2.23. The van der Waals surface area contributed by atoms with E-state index in [9.17, 15) is 10.1 Å². The largest absolute Gasteiger partial charge is 0.363 e. The molecule has 2 aromatic heterocycles. The van der Waals surface area contributed by atoms with Gasteiger partial charge in [-0.1, -0.05) is 0 Å². The van der Waals surface area contributed by atoms with Gasteiger partial charge >= 0.3 is 5.69 Å². The van der Waals surface area contributed by atoms with Gasteiger partial charge in [-0.3, -0.25) is 19.9 Å².